The standard InChI is InChI=1S/C19H21ClFNO2/c1-11(2)18(22-3)14-8-9-15(20)16(17(14)21)19(24)13-6-4-12(10-23)5-7-13/h4-9,11,18,22-23H,10H2,1-3H3. The van der Waals surface area contributed by atoms with Crippen molar-refractivity contribution in [3.63, 3.8) is 0 Å². The fourth-order valence-electron chi connectivity index (χ4n) is 2.77. The summed E-state index contributed by atoms with van der Waals surface area (Å²) >= 11 is 6.11. The van der Waals surface area contributed by atoms with Crippen molar-refractivity contribution >= 4 is 17.4 Å². The quantitative estimate of drug-likeness (QED) is 0.771. The minimum absolute atomic E-state index is 0.0890. The molecule has 5 heteroatoms. The zero-order chi connectivity index (χ0) is 17.9. The van der Waals surface area contributed by atoms with Gasteiger partial charge in [0.2, 0.25) is 0 Å². The van der Waals surface area contributed by atoms with Gasteiger partial charge in [0.15, 0.2) is 5.78 Å². The molecule has 1 unspecified atom stereocenters. The molecule has 0 aliphatic rings. The molecule has 0 radical (unpaired) electrons. The average molecular weight is 350 g/mol. The number of ketones is 1. The first kappa shape index (κ1) is 18.6. The van der Waals surface area contributed by atoms with Gasteiger partial charge < -0.3 is 10.4 Å². The maximum absolute atomic E-state index is 15.0. The Hall–Kier alpha value is -1.75. The summed E-state index contributed by atoms with van der Waals surface area (Å²) < 4.78 is 15.0. The second-order valence-electron chi connectivity index (χ2n) is 6.02. The zero-order valence-corrected chi connectivity index (χ0v) is 14.7. The number of carbonyl (C=O) groups is 1. The van der Waals surface area contributed by atoms with Gasteiger partial charge in [-0.05, 0) is 24.6 Å². The van der Waals surface area contributed by atoms with E-state index in [2.05, 4.69) is 5.32 Å². The summed E-state index contributed by atoms with van der Waals surface area (Å²) in [4.78, 5) is 12.7. The topological polar surface area (TPSA) is 49.3 Å². The van der Waals surface area contributed by atoms with Crippen LogP contribution in [0.3, 0.4) is 0 Å². The van der Waals surface area contributed by atoms with Crippen LogP contribution < -0.4 is 5.32 Å². The third kappa shape index (κ3) is 3.66. The van der Waals surface area contributed by atoms with Crippen molar-refractivity contribution in [3.8, 4) is 0 Å². The van der Waals surface area contributed by atoms with Crippen LogP contribution >= 0.6 is 11.6 Å². The second-order valence-corrected chi connectivity index (χ2v) is 6.43. The first-order valence-corrected chi connectivity index (χ1v) is 8.18. The third-order valence-electron chi connectivity index (χ3n) is 4.06. The number of hydrogen-bond donors (Lipinski definition) is 2. The minimum Gasteiger partial charge on any atom is -0.392 e. The van der Waals surface area contributed by atoms with Crippen LogP contribution in [0, 0.1) is 11.7 Å². The molecule has 2 aromatic carbocycles. The summed E-state index contributed by atoms with van der Waals surface area (Å²) in [6.45, 7) is 3.84. The molecule has 0 bridgehead atoms. The van der Waals surface area contributed by atoms with Gasteiger partial charge in [0.25, 0.3) is 0 Å². The van der Waals surface area contributed by atoms with Crippen molar-refractivity contribution in [2.45, 2.75) is 26.5 Å². The molecule has 0 fully saturated rings. The lowest BCUT2D eigenvalue weighted by Crippen LogP contribution is -2.24. The van der Waals surface area contributed by atoms with Gasteiger partial charge in [-0.25, -0.2) is 4.39 Å². The van der Waals surface area contributed by atoms with E-state index in [1.807, 2.05) is 13.8 Å². The molecule has 0 saturated carbocycles. The summed E-state index contributed by atoms with van der Waals surface area (Å²) in [7, 11) is 1.76. The largest absolute Gasteiger partial charge is 0.392 e. The van der Waals surface area contributed by atoms with Crippen molar-refractivity contribution < 1.29 is 14.3 Å². The Kier molecular flexibility index (Phi) is 6.10. The molecule has 0 saturated heterocycles. The number of halogens is 2. The summed E-state index contributed by atoms with van der Waals surface area (Å²) in [6, 6.07) is 9.35. The van der Waals surface area contributed by atoms with Crippen LogP contribution in [0.4, 0.5) is 4.39 Å². The van der Waals surface area contributed by atoms with Gasteiger partial charge in [-0.2, -0.15) is 0 Å². The molecular weight excluding hydrogens is 329 g/mol. The Balaban J connectivity index is 2.50. The highest BCUT2D eigenvalue weighted by Gasteiger charge is 2.25. The van der Waals surface area contributed by atoms with Crippen LogP contribution in [0.1, 0.15) is 46.9 Å². The maximum atomic E-state index is 15.0. The number of aliphatic hydroxyl groups excluding tert-OH is 1. The Morgan fingerprint density at radius 1 is 1.21 bits per heavy atom. The van der Waals surface area contributed by atoms with Gasteiger partial charge in [-0.3, -0.25) is 4.79 Å². The fraction of sp³-hybridized carbons (Fsp3) is 0.316. The molecule has 128 valence electrons. The molecule has 0 aliphatic heterocycles. The highest BCUT2D eigenvalue weighted by molar-refractivity contribution is 6.35. The van der Waals surface area contributed by atoms with Gasteiger partial charge in [-0.1, -0.05) is 55.8 Å². The van der Waals surface area contributed by atoms with Gasteiger partial charge >= 0.3 is 0 Å². The number of benzene rings is 2. The summed E-state index contributed by atoms with van der Waals surface area (Å²) in [6.07, 6.45) is 0. The molecule has 1 atom stereocenters. The van der Waals surface area contributed by atoms with Gasteiger partial charge in [0, 0.05) is 17.2 Å². The molecule has 24 heavy (non-hydrogen) atoms. The van der Waals surface area contributed by atoms with E-state index >= 15 is 4.39 Å². The lowest BCUT2D eigenvalue weighted by atomic mass is 9.92. The average Bonchev–Trinajstić information content (AvgIpc) is 2.57. The molecule has 3 nitrogen and oxygen atoms in total. The van der Waals surface area contributed by atoms with Gasteiger partial charge in [-0.15, -0.1) is 0 Å². The lowest BCUT2D eigenvalue weighted by molar-refractivity contribution is 0.103. The Morgan fingerprint density at radius 3 is 2.33 bits per heavy atom. The Morgan fingerprint density at radius 2 is 1.83 bits per heavy atom. The maximum Gasteiger partial charge on any atom is 0.197 e. The van der Waals surface area contributed by atoms with E-state index in [4.69, 9.17) is 16.7 Å². The smallest absolute Gasteiger partial charge is 0.197 e. The third-order valence-corrected chi connectivity index (χ3v) is 4.37. The first-order valence-electron chi connectivity index (χ1n) is 7.80. The Bertz CT molecular complexity index is 729. The van der Waals surface area contributed by atoms with E-state index in [-0.39, 0.29) is 29.2 Å². The predicted molar refractivity (Wildman–Crippen MR) is 93.8 cm³/mol. The fourth-order valence-corrected chi connectivity index (χ4v) is 3.00. The molecule has 0 spiro atoms. The van der Waals surface area contributed by atoms with Crippen LogP contribution in [-0.2, 0) is 6.61 Å². The van der Waals surface area contributed by atoms with Crippen LogP contribution in [0.25, 0.3) is 0 Å². The van der Waals surface area contributed by atoms with E-state index in [0.717, 1.165) is 0 Å². The monoisotopic (exact) mass is 349 g/mol. The molecule has 0 amide bonds. The highest BCUT2D eigenvalue weighted by atomic mass is 35.5. The molecule has 0 aromatic heterocycles. The van der Waals surface area contributed by atoms with Crippen molar-refractivity contribution in [2.75, 3.05) is 7.05 Å². The number of carbonyl (C=O) groups excluding carboxylic acids is 1. The summed E-state index contributed by atoms with van der Waals surface area (Å²) in [5, 5.41) is 12.2. The highest BCUT2D eigenvalue weighted by Crippen LogP contribution is 2.31. The van der Waals surface area contributed by atoms with Crippen LogP contribution in [-0.4, -0.2) is 17.9 Å². The van der Waals surface area contributed by atoms with Crippen molar-refractivity contribution in [2.24, 2.45) is 5.92 Å². The SMILES string of the molecule is CNC(c1ccc(Cl)c(C(=O)c2ccc(CO)cc2)c1F)C(C)C. The van der Waals surface area contributed by atoms with Gasteiger partial charge in [0.1, 0.15) is 5.82 Å². The van der Waals surface area contributed by atoms with Crippen molar-refractivity contribution in [3.05, 3.63) is 69.5 Å². The molecule has 2 aromatic rings. The van der Waals surface area contributed by atoms with E-state index in [9.17, 15) is 4.79 Å². The number of rotatable bonds is 6. The number of nitrogens with one attached hydrogen (secondary N) is 1. The number of hydrogen-bond acceptors (Lipinski definition) is 3. The first-order chi connectivity index (χ1) is 11.4. The summed E-state index contributed by atoms with van der Waals surface area (Å²) in [5.41, 5.74) is 1.32. The van der Waals surface area contributed by atoms with Crippen molar-refractivity contribution in [1.29, 1.82) is 0 Å². The molecule has 2 N–H and O–H groups in total. The molecule has 0 heterocycles. The van der Waals surface area contributed by atoms with E-state index in [1.165, 1.54) is 0 Å². The van der Waals surface area contributed by atoms with Crippen LogP contribution in [0.2, 0.25) is 5.02 Å². The lowest BCUT2D eigenvalue weighted by Gasteiger charge is -2.22. The van der Waals surface area contributed by atoms with Crippen molar-refractivity contribution in [1.82, 2.24) is 5.32 Å². The van der Waals surface area contributed by atoms with E-state index in [1.54, 1.807) is 43.4 Å². The van der Waals surface area contributed by atoms with E-state index in [0.29, 0.717) is 16.7 Å². The molecule has 2 rings (SSSR count). The summed E-state index contributed by atoms with van der Waals surface area (Å²) in [5.74, 6) is -0.910. The zero-order valence-electron chi connectivity index (χ0n) is 13.9. The van der Waals surface area contributed by atoms with E-state index < -0.39 is 11.6 Å². The molecule has 0 aliphatic carbocycles. The molecular formula is C19H21ClFNO2. The minimum atomic E-state index is -0.591. The van der Waals surface area contributed by atoms with Gasteiger partial charge in [0.05, 0.1) is 17.2 Å². The predicted octanol–water partition coefficient (Wildman–Crippen LogP) is 4.12. The second kappa shape index (κ2) is 7.88. The number of aliphatic hydroxyl groups is 1. The van der Waals surface area contributed by atoms with Crippen LogP contribution in [0.15, 0.2) is 36.4 Å². The normalized spacial score (nSPS) is 12.5. The Labute approximate surface area is 146 Å². The van der Waals surface area contributed by atoms with Crippen LogP contribution in [0.5, 0.6) is 0 Å².